The van der Waals surface area contributed by atoms with E-state index in [1.54, 1.807) is 0 Å². The van der Waals surface area contributed by atoms with E-state index in [1.807, 2.05) is 23.9 Å². The Labute approximate surface area is 129 Å². The first-order valence-electron chi connectivity index (χ1n) is 6.60. The fraction of sp³-hybridized carbons (Fsp3) is 0.600. The fourth-order valence-electron chi connectivity index (χ4n) is 2.27. The summed E-state index contributed by atoms with van der Waals surface area (Å²) in [6.07, 6.45) is 5.11. The van der Waals surface area contributed by atoms with E-state index in [0.29, 0.717) is 5.41 Å². The van der Waals surface area contributed by atoms with Crippen LogP contribution in [0.4, 0.5) is 0 Å². The van der Waals surface area contributed by atoms with Crippen molar-refractivity contribution in [2.24, 2.45) is 5.41 Å². The maximum absolute atomic E-state index is 5.91. The first-order chi connectivity index (χ1) is 8.65. The molecule has 0 atom stereocenters. The van der Waals surface area contributed by atoms with Crippen molar-refractivity contribution < 1.29 is 0 Å². The molecular formula is C15H22BrClS. The first-order valence-corrected chi connectivity index (χ1v) is 9.08. The van der Waals surface area contributed by atoms with Crippen LogP contribution >= 0.6 is 39.3 Å². The van der Waals surface area contributed by atoms with E-state index in [-0.39, 0.29) is 0 Å². The Morgan fingerprint density at radius 3 is 2.11 bits per heavy atom. The second-order valence-electron chi connectivity index (χ2n) is 4.88. The minimum absolute atomic E-state index is 0.438. The lowest BCUT2D eigenvalue weighted by Gasteiger charge is -2.31. The molecule has 0 nitrogen and oxygen atoms in total. The molecule has 0 saturated carbocycles. The Kier molecular flexibility index (Phi) is 7.74. The van der Waals surface area contributed by atoms with Gasteiger partial charge in [-0.2, -0.15) is 0 Å². The van der Waals surface area contributed by atoms with Crippen molar-refractivity contribution in [3.63, 3.8) is 0 Å². The minimum atomic E-state index is 0.438. The largest absolute Gasteiger partial charge is 0.126 e. The van der Waals surface area contributed by atoms with Gasteiger partial charge in [-0.05, 0) is 42.5 Å². The lowest BCUT2D eigenvalue weighted by atomic mass is 9.83. The van der Waals surface area contributed by atoms with E-state index in [1.165, 1.54) is 36.3 Å². The van der Waals surface area contributed by atoms with Crippen molar-refractivity contribution in [2.75, 3.05) is 11.1 Å². The van der Waals surface area contributed by atoms with Crippen LogP contribution in [-0.4, -0.2) is 11.1 Å². The highest BCUT2D eigenvalue weighted by Gasteiger charge is 2.27. The van der Waals surface area contributed by atoms with E-state index in [9.17, 15) is 0 Å². The zero-order valence-corrected chi connectivity index (χ0v) is 14.4. The summed E-state index contributed by atoms with van der Waals surface area (Å²) in [5.74, 6) is 1.18. The van der Waals surface area contributed by atoms with Crippen molar-refractivity contribution in [1.29, 1.82) is 0 Å². The number of halogens is 2. The normalized spacial score (nSPS) is 11.8. The van der Waals surface area contributed by atoms with E-state index in [2.05, 4.69) is 41.9 Å². The van der Waals surface area contributed by atoms with Crippen molar-refractivity contribution in [1.82, 2.24) is 0 Å². The van der Waals surface area contributed by atoms with Crippen molar-refractivity contribution in [3.05, 3.63) is 29.3 Å². The van der Waals surface area contributed by atoms with Gasteiger partial charge < -0.3 is 0 Å². The molecule has 0 N–H and O–H groups in total. The number of alkyl halides is 1. The molecule has 0 spiro atoms. The number of thioether (sulfide) groups is 1. The maximum atomic E-state index is 5.91. The van der Waals surface area contributed by atoms with Crippen molar-refractivity contribution >= 4 is 39.3 Å². The summed E-state index contributed by atoms with van der Waals surface area (Å²) in [5.41, 5.74) is 0.438. The lowest BCUT2D eigenvalue weighted by molar-refractivity contribution is 0.320. The average molecular weight is 350 g/mol. The van der Waals surface area contributed by atoms with Crippen LogP contribution in [0.5, 0.6) is 0 Å². The third-order valence-electron chi connectivity index (χ3n) is 3.20. The SMILES string of the molecule is CCCC(CBr)(CCC)CSc1ccc(Cl)cc1. The molecule has 1 aromatic rings. The summed E-state index contributed by atoms with van der Waals surface area (Å²) >= 11 is 11.6. The molecule has 0 bridgehead atoms. The summed E-state index contributed by atoms with van der Waals surface area (Å²) in [4.78, 5) is 1.32. The Bertz CT molecular complexity index is 331. The van der Waals surface area contributed by atoms with Crippen LogP contribution in [0, 0.1) is 5.41 Å². The molecule has 3 heteroatoms. The predicted molar refractivity (Wildman–Crippen MR) is 88.2 cm³/mol. The monoisotopic (exact) mass is 348 g/mol. The average Bonchev–Trinajstić information content (AvgIpc) is 2.38. The molecule has 0 aliphatic heterocycles. The molecular weight excluding hydrogens is 328 g/mol. The molecule has 0 saturated heterocycles. The van der Waals surface area contributed by atoms with Crippen LogP contribution in [0.1, 0.15) is 39.5 Å². The highest BCUT2D eigenvalue weighted by molar-refractivity contribution is 9.09. The van der Waals surface area contributed by atoms with Gasteiger partial charge in [-0.1, -0.05) is 54.2 Å². The molecule has 102 valence electrons. The third kappa shape index (κ3) is 5.14. The lowest BCUT2D eigenvalue weighted by Crippen LogP contribution is -2.25. The van der Waals surface area contributed by atoms with Crippen LogP contribution in [0.15, 0.2) is 29.2 Å². The highest BCUT2D eigenvalue weighted by Crippen LogP contribution is 2.38. The summed E-state index contributed by atoms with van der Waals surface area (Å²) in [5, 5.41) is 1.91. The summed E-state index contributed by atoms with van der Waals surface area (Å²) < 4.78 is 0. The Hall–Kier alpha value is 0.340. The minimum Gasteiger partial charge on any atom is -0.126 e. The Morgan fingerprint density at radius 2 is 1.67 bits per heavy atom. The second-order valence-corrected chi connectivity index (χ2v) is 6.92. The highest BCUT2D eigenvalue weighted by atomic mass is 79.9. The van der Waals surface area contributed by atoms with E-state index in [0.717, 1.165) is 10.4 Å². The van der Waals surface area contributed by atoms with Crippen molar-refractivity contribution in [2.45, 2.75) is 44.4 Å². The zero-order chi connectivity index (χ0) is 13.4. The van der Waals surface area contributed by atoms with Crippen LogP contribution in [0.25, 0.3) is 0 Å². The molecule has 0 unspecified atom stereocenters. The van der Waals surface area contributed by atoms with Gasteiger partial charge in [0.15, 0.2) is 0 Å². The van der Waals surface area contributed by atoms with Crippen molar-refractivity contribution in [3.8, 4) is 0 Å². The van der Waals surface area contributed by atoms with Crippen LogP contribution in [0.2, 0.25) is 5.02 Å². The maximum Gasteiger partial charge on any atom is 0.0406 e. The van der Waals surface area contributed by atoms with Gasteiger partial charge in [0.05, 0.1) is 0 Å². The third-order valence-corrected chi connectivity index (χ3v) is 6.01. The molecule has 0 radical (unpaired) electrons. The van der Waals surface area contributed by atoms with Gasteiger partial charge in [-0.25, -0.2) is 0 Å². The van der Waals surface area contributed by atoms with Gasteiger partial charge >= 0.3 is 0 Å². The second kappa shape index (κ2) is 8.50. The van der Waals surface area contributed by atoms with Gasteiger partial charge in [0.1, 0.15) is 0 Å². The van der Waals surface area contributed by atoms with Crippen LogP contribution < -0.4 is 0 Å². The van der Waals surface area contributed by atoms with Gasteiger partial charge in [0, 0.05) is 21.0 Å². The number of benzene rings is 1. The van der Waals surface area contributed by atoms with E-state index in [4.69, 9.17) is 11.6 Å². The molecule has 0 aliphatic rings. The molecule has 0 amide bonds. The van der Waals surface area contributed by atoms with Crippen LogP contribution in [0.3, 0.4) is 0 Å². The Balaban J connectivity index is 2.63. The van der Waals surface area contributed by atoms with Gasteiger partial charge in [0.25, 0.3) is 0 Å². The van der Waals surface area contributed by atoms with Gasteiger partial charge in [-0.3, -0.25) is 0 Å². The number of rotatable bonds is 8. The number of hydrogen-bond acceptors (Lipinski definition) is 1. The smallest absolute Gasteiger partial charge is 0.0406 e. The summed E-state index contributed by atoms with van der Waals surface area (Å²) in [7, 11) is 0. The predicted octanol–water partition coefficient (Wildman–Crippen LogP) is 6.41. The van der Waals surface area contributed by atoms with Gasteiger partial charge in [0.2, 0.25) is 0 Å². The molecule has 0 aliphatic carbocycles. The van der Waals surface area contributed by atoms with E-state index >= 15 is 0 Å². The molecule has 1 rings (SSSR count). The van der Waals surface area contributed by atoms with E-state index < -0.39 is 0 Å². The molecule has 1 aromatic carbocycles. The molecule has 18 heavy (non-hydrogen) atoms. The molecule has 0 fully saturated rings. The summed E-state index contributed by atoms with van der Waals surface area (Å²) in [6.45, 7) is 4.56. The first kappa shape index (κ1) is 16.4. The standard InChI is InChI=1S/C15H22BrClS/c1-3-9-15(11-16,10-4-2)12-18-14-7-5-13(17)6-8-14/h5-8H,3-4,9-12H2,1-2H3. The summed E-state index contributed by atoms with van der Waals surface area (Å²) in [6, 6.07) is 8.17. The van der Waals surface area contributed by atoms with Gasteiger partial charge in [-0.15, -0.1) is 11.8 Å². The quantitative estimate of drug-likeness (QED) is 0.386. The number of hydrogen-bond donors (Lipinski definition) is 0. The Morgan fingerprint density at radius 1 is 1.11 bits per heavy atom. The molecule has 0 aromatic heterocycles. The molecule has 0 heterocycles. The topological polar surface area (TPSA) is 0 Å². The van der Waals surface area contributed by atoms with Crippen LogP contribution in [-0.2, 0) is 0 Å². The fourth-order valence-corrected chi connectivity index (χ4v) is 4.61. The zero-order valence-electron chi connectivity index (χ0n) is 11.2.